The zero-order chi connectivity index (χ0) is 19.2. The van der Waals surface area contributed by atoms with Crippen molar-refractivity contribution in [2.75, 3.05) is 11.9 Å². The van der Waals surface area contributed by atoms with Crippen molar-refractivity contribution in [1.82, 2.24) is 10.6 Å². The smallest absolute Gasteiger partial charge is 0.319 e. The molecule has 0 fully saturated rings. The summed E-state index contributed by atoms with van der Waals surface area (Å²) in [5.74, 6) is -0.180. The summed E-state index contributed by atoms with van der Waals surface area (Å²) in [4.78, 5) is 24.0. The topological polar surface area (TPSA) is 70.2 Å². The molecule has 0 aromatic heterocycles. The first-order chi connectivity index (χ1) is 12.3. The van der Waals surface area contributed by atoms with Crippen molar-refractivity contribution >= 4 is 40.8 Å². The Morgan fingerprint density at radius 3 is 2.35 bits per heavy atom. The first-order valence-corrected chi connectivity index (χ1v) is 8.90. The second-order valence-corrected chi connectivity index (χ2v) is 7.11. The first-order valence-electron chi connectivity index (χ1n) is 8.14. The summed E-state index contributed by atoms with van der Waals surface area (Å²) < 4.78 is 0. The molecule has 0 aliphatic heterocycles. The molecule has 0 saturated heterocycles. The van der Waals surface area contributed by atoms with Gasteiger partial charge in [-0.3, -0.25) is 4.79 Å². The van der Waals surface area contributed by atoms with Crippen LogP contribution in [0.2, 0.25) is 10.0 Å². The van der Waals surface area contributed by atoms with Gasteiger partial charge in [0.2, 0.25) is 5.91 Å². The number of para-hydroxylation sites is 1. The molecule has 0 spiro atoms. The van der Waals surface area contributed by atoms with Crippen LogP contribution in [-0.4, -0.2) is 18.5 Å². The minimum absolute atomic E-state index is 0.160. The van der Waals surface area contributed by atoms with Crippen LogP contribution >= 0.6 is 23.2 Å². The highest BCUT2D eigenvalue weighted by Gasteiger charge is 2.23. The third kappa shape index (κ3) is 5.93. The fourth-order valence-electron chi connectivity index (χ4n) is 2.35. The standard InChI is InChI=1S/C19H21Cl2N3O2/c1-19(2,13-8-9-15(20)16(21)12-13)24-17(25)10-11-22-18(26)23-14-6-4-3-5-7-14/h3-9,12H,10-11H2,1-2H3,(H,24,25)(H2,22,23,26). The minimum atomic E-state index is -0.613. The summed E-state index contributed by atoms with van der Waals surface area (Å²) in [6.07, 6.45) is 0.160. The molecule has 7 heteroatoms. The average molecular weight is 394 g/mol. The molecule has 0 unspecified atom stereocenters. The van der Waals surface area contributed by atoms with Crippen LogP contribution in [0, 0.1) is 0 Å². The molecule has 3 N–H and O–H groups in total. The van der Waals surface area contributed by atoms with Gasteiger partial charge in [0.25, 0.3) is 0 Å². The van der Waals surface area contributed by atoms with E-state index in [1.165, 1.54) is 0 Å². The van der Waals surface area contributed by atoms with E-state index >= 15 is 0 Å². The SMILES string of the molecule is CC(C)(NC(=O)CCNC(=O)Nc1ccccc1)c1ccc(Cl)c(Cl)c1. The van der Waals surface area contributed by atoms with Gasteiger partial charge in [0.1, 0.15) is 0 Å². The number of rotatable bonds is 6. The van der Waals surface area contributed by atoms with Crippen LogP contribution in [0.25, 0.3) is 0 Å². The highest BCUT2D eigenvalue weighted by atomic mass is 35.5. The molecule has 2 aromatic carbocycles. The van der Waals surface area contributed by atoms with Crippen molar-refractivity contribution in [3.05, 3.63) is 64.1 Å². The van der Waals surface area contributed by atoms with Crippen molar-refractivity contribution in [2.24, 2.45) is 0 Å². The zero-order valence-electron chi connectivity index (χ0n) is 14.6. The molecular weight excluding hydrogens is 373 g/mol. The number of anilines is 1. The number of nitrogens with one attached hydrogen (secondary N) is 3. The summed E-state index contributed by atoms with van der Waals surface area (Å²) in [5, 5.41) is 9.18. The molecular formula is C19H21Cl2N3O2. The largest absolute Gasteiger partial charge is 0.347 e. The predicted molar refractivity (Wildman–Crippen MR) is 106 cm³/mol. The lowest BCUT2D eigenvalue weighted by atomic mass is 9.94. The van der Waals surface area contributed by atoms with Crippen LogP contribution in [0.15, 0.2) is 48.5 Å². The second kappa shape index (κ2) is 8.92. The molecule has 0 aliphatic rings. The first kappa shape index (κ1) is 20.1. The maximum Gasteiger partial charge on any atom is 0.319 e. The van der Waals surface area contributed by atoms with Gasteiger partial charge in [-0.2, -0.15) is 0 Å². The molecule has 0 atom stereocenters. The van der Waals surface area contributed by atoms with Crippen LogP contribution < -0.4 is 16.0 Å². The van der Waals surface area contributed by atoms with Crippen molar-refractivity contribution in [3.8, 4) is 0 Å². The van der Waals surface area contributed by atoms with E-state index in [0.29, 0.717) is 15.7 Å². The Labute approximate surface area is 163 Å². The maximum absolute atomic E-state index is 12.2. The number of halogens is 2. The van der Waals surface area contributed by atoms with E-state index in [1.807, 2.05) is 38.1 Å². The third-order valence-corrected chi connectivity index (χ3v) is 4.50. The fourth-order valence-corrected chi connectivity index (χ4v) is 2.65. The van der Waals surface area contributed by atoms with Gasteiger partial charge >= 0.3 is 6.03 Å². The maximum atomic E-state index is 12.2. The van der Waals surface area contributed by atoms with E-state index in [-0.39, 0.29) is 24.9 Å². The lowest BCUT2D eigenvalue weighted by Crippen LogP contribution is -2.42. The molecule has 2 rings (SSSR count). The number of benzene rings is 2. The summed E-state index contributed by atoms with van der Waals surface area (Å²) in [7, 11) is 0. The number of hydrogen-bond donors (Lipinski definition) is 3. The summed E-state index contributed by atoms with van der Waals surface area (Å²) in [6, 6.07) is 14.0. The predicted octanol–water partition coefficient (Wildman–Crippen LogP) is 4.56. The van der Waals surface area contributed by atoms with Crippen LogP contribution in [0.1, 0.15) is 25.8 Å². The van der Waals surface area contributed by atoms with E-state index < -0.39 is 5.54 Å². The average Bonchev–Trinajstić information content (AvgIpc) is 2.57. The van der Waals surface area contributed by atoms with E-state index in [1.54, 1.807) is 24.3 Å². The van der Waals surface area contributed by atoms with E-state index in [0.717, 1.165) is 5.56 Å². The molecule has 0 aliphatic carbocycles. The molecule has 0 radical (unpaired) electrons. The summed E-state index contributed by atoms with van der Waals surface area (Å²) in [6.45, 7) is 3.97. The Morgan fingerprint density at radius 1 is 1.00 bits per heavy atom. The van der Waals surface area contributed by atoms with Gasteiger partial charge in [-0.15, -0.1) is 0 Å². The Kier molecular flexibility index (Phi) is 6.89. The van der Waals surface area contributed by atoms with Crippen LogP contribution in [0.5, 0.6) is 0 Å². The lowest BCUT2D eigenvalue weighted by Gasteiger charge is -2.27. The highest BCUT2D eigenvalue weighted by molar-refractivity contribution is 6.42. The molecule has 26 heavy (non-hydrogen) atoms. The number of carbonyl (C=O) groups excluding carboxylic acids is 2. The summed E-state index contributed by atoms with van der Waals surface area (Å²) in [5.41, 5.74) is 0.919. The quantitative estimate of drug-likeness (QED) is 0.673. The Balaban J connectivity index is 1.80. The van der Waals surface area contributed by atoms with Gasteiger partial charge in [-0.1, -0.05) is 47.5 Å². The van der Waals surface area contributed by atoms with E-state index in [2.05, 4.69) is 16.0 Å². The third-order valence-electron chi connectivity index (χ3n) is 3.76. The van der Waals surface area contributed by atoms with Gasteiger partial charge in [-0.05, 0) is 43.7 Å². The number of urea groups is 1. The van der Waals surface area contributed by atoms with Crippen molar-refractivity contribution < 1.29 is 9.59 Å². The number of hydrogen-bond acceptors (Lipinski definition) is 2. The Hall–Kier alpha value is -2.24. The monoisotopic (exact) mass is 393 g/mol. The van der Waals surface area contributed by atoms with Crippen molar-refractivity contribution in [1.29, 1.82) is 0 Å². The molecule has 5 nitrogen and oxygen atoms in total. The molecule has 3 amide bonds. The number of carbonyl (C=O) groups is 2. The van der Waals surface area contributed by atoms with Crippen LogP contribution in [0.3, 0.4) is 0 Å². The van der Waals surface area contributed by atoms with Crippen LogP contribution in [0.4, 0.5) is 10.5 Å². The second-order valence-electron chi connectivity index (χ2n) is 6.30. The van der Waals surface area contributed by atoms with Gasteiger partial charge in [-0.25, -0.2) is 4.79 Å². The zero-order valence-corrected chi connectivity index (χ0v) is 16.1. The van der Waals surface area contributed by atoms with E-state index in [4.69, 9.17) is 23.2 Å². The minimum Gasteiger partial charge on any atom is -0.347 e. The Morgan fingerprint density at radius 2 is 1.69 bits per heavy atom. The van der Waals surface area contributed by atoms with Crippen molar-refractivity contribution in [2.45, 2.75) is 25.8 Å². The normalized spacial score (nSPS) is 10.9. The van der Waals surface area contributed by atoms with Crippen molar-refractivity contribution in [3.63, 3.8) is 0 Å². The highest BCUT2D eigenvalue weighted by Crippen LogP contribution is 2.28. The fraction of sp³-hybridized carbons (Fsp3) is 0.263. The molecule has 0 heterocycles. The molecule has 0 bridgehead atoms. The lowest BCUT2D eigenvalue weighted by molar-refractivity contribution is -0.122. The molecule has 2 aromatic rings. The van der Waals surface area contributed by atoms with Gasteiger partial charge in [0.05, 0.1) is 15.6 Å². The van der Waals surface area contributed by atoms with Gasteiger partial charge < -0.3 is 16.0 Å². The summed E-state index contributed by atoms with van der Waals surface area (Å²) >= 11 is 12.0. The molecule has 138 valence electrons. The van der Waals surface area contributed by atoms with Gasteiger partial charge in [0.15, 0.2) is 0 Å². The van der Waals surface area contributed by atoms with Crippen LogP contribution in [-0.2, 0) is 10.3 Å². The molecule has 0 saturated carbocycles. The van der Waals surface area contributed by atoms with E-state index in [9.17, 15) is 9.59 Å². The Bertz CT molecular complexity index is 780. The van der Waals surface area contributed by atoms with Gasteiger partial charge in [0, 0.05) is 18.7 Å². The number of amides is 3.